The van der Waals surface area contributed by atoms with Crippen molar-refractivity contribution in [1.29, 1.82) is 0 Å². The molecule has 2 aromatic carbocycles. The van der Waals surface area contributed by atoms with Gasteiger partial charge in [-0.15, -0.1) is 0 Å². The molecule has 0 aromatic heterocycles. The van der Waals surface area contributed by atoms with Crippen LogP contribution in [-0.2, 0) is 0 Å². The largest absolute Gasteiger partial charge is 0.309 e. The second-order valence-electron chi connectivity index (χ2n) is 5.72. The fraction of sp³-hybridized carbons (Fsp3) is 0.474. The standard InChI is InChI=1S/C19H28N2/c1-4-13-21(5-2)14-12-20-16(3)18-11-10-17-8-6-7-9-19(17)15-18/h6-11,15-16,20H,4-5,12-14H2,1-3H3. The van der Waals surface area contributed by atoms with Crippen LogP contribution < -0.4 is 5.32 Å². The summed E-state index contributed by atoms with van der Waals surface area (Å²) in [6.07, 6.45) is 1.23. The SMILES string of the molecule is CCCN(CC)CCNC(C)c1ccc2ccccc2c1. The first-order chi connectivity index (χ1) is 10.2. The molecule has 0 amide bonds. The molecule has 0 saturated heterocycles. The van der Waals surface area contributed by atoms with Crippen LogP contribution in [0.2, 0.25) is 0 Å². The smallest absolute Gasteiger partial charge is 0.0292 e. The molecule has 0 spiro atoms. The van der Waals surface area contributed by atoms with E-state index in [0.717, 1.165) is 19.6 Å². The second kappa shape index (κ2) is 8.16. The van der Waals surface area contributed by atoms with Crippen LogP contribution in [0.5, 0.6) is 0 Å². The summed E-state index contributed by atoms with van der Waals surface area (Å²) in [5, 5.41) is 6.28. The van der Waals surface area contributed by atoms with Crippen LogP contribution in [0.1, 0.15) is 38.8 Å². The molecule has 0 aliphatic rings. The Morgan fingerprint density at radius 2 is 1.76 bits per heavy atom. The Balaban J connectivity index is 1.91. The van der Waals surface area contributed by atoms with E-state index in [1.54, 1.807) is 0 Å². The predicted octanol–water partition coefficient (Wildman–Crippen LogP) is 4.22. The van der Waals surface area contributed by atoms with Gasteiger partial charge in [0.15, 0.2) is 0 Å². The van der Waals surface area contributed by atoms with Gasteiger partial charge in [-0.3, -0.25) is 0 Å². The Morgan fingerprint density at radius 1 is 1.00 bits per heavy atom. The minimum Gasteiger partial charge on any atom is -0.309 e. The monoisotopic (exact) mass is 284 g/mol. The van der Waals surface area contributed by atoms with E-state index in [4.69, 9.17) is 0 Å². The highest BCUT2D eigenvalue weighted by Crippen LogP contribution is 2.20. The maximum absolute atomic E-state index is 3.65. The highest BCUT2D eigenvalue weighted by atomic mass is 15.1. The van der Waals surface area contributed by atoms with Crippen molar-refractivity contribution in [1.82, 2.24) is 10.2 Å². The topological polar surface area (TPSA) is 15.3 Å². The number of benzene rings is 2. The molecule has 0 saturated carbocycles. The van der Waals surface area contributed by atoms with Crippen molar-refractivity contribution >= 4 is 10.8 Å². The van der Waals surface area contributed by atoms with Gasteiger partial charge in [0.2, 0.25) is 0 Å². The normalized spacial score (nSPS) is 13.0. The van der Waals surface area contributed by atoms with Gasteiger partial charge in [-0.05, 0) is 48.8 Å². The molecule has 1 atom stereocenters. The third-order valence-corrected chi connectivity index (χ3v) is 4.14. The summed E-state index contributed by atoms with van der Waals surface area (Å²) >= 11 is 0. The Hall–Kier alpha value is -1.38. The minimum atomic E-state index is 0.398. The maximum Gasteiger partial charge on any atom is 0.0292 e. The van der Waals surface area contributed by atoms with Crippen LogP contribution >= 0.6 is 0 Å². The molecular weight excluding hydrogens is 256 g/mol. The van der Waals surface area contributed by atoms with Crippen molar-refractivity contribution < 1.29 is 0 Å². The third kappa shape index (κ3) is 4.55. The van der Waals surface area contributed by atoms with Crippen LogP contribution in [0.3, 0.4) is 0 Å². The summed E-state index contributed by atoms with van der Waals surface area (Å²) in [6.45, 7) is 11.2. The van der Waals surface area contributed by atoms with Gasteiger partial charge >= 0.3 is 0 Å². The number of likely N-dealkylation sites (N-methyl/N-ethyl adjacent to an activating group) is 1. The first-order valence-electron chi connectivity index (χ1n) is 8.19. The first kappa shape index (κ1) is 16.0. The summed E-state index contributed by atoms with van der Waals surface area (Å²) < 4.78 is 0. The van der Waals surface area contributed by atoms with Gasteiger partial charge < -0.3 is 10.2 Å². The lowest BCUT2D eigenvalue weighted by atomic mass is 10.0. The van der Waals surface area contributed by atoms with Crippen LogP contribution in [0.15, 0.2) is 42.5 Å². The van der Waals surface area contributed by atoms with Crippen LogP contribution in [0.4, 0.5) is 0 Å². The number of nitrogens with zero attached hydrogens (tertiary/aromatic N) is 1. The van der Waals surface area contributed by atoms with Gasteiger partial charge in [0, 0.05) is 19.1 Å². The molecule has 2 aromatic rings. The zero-order valence-corrected chi connectivity index (χ0v) is 13.6. The number of fused-ring (bicyclic) bond motifs is 1. The van der Waals surface area contributed by atoms with Crippen molar-refractivity contribution in [2.75, 3.05) is 26.2 Å². The molecule has 21 heavy (non-hydrogen) atoms. The van der Waals surface area contributed by atoms with Crippen LogP contribution in [-0.4, -0.2) is 31.1 Å². The molecule has 1 N–H and O–H groups in total. The third-order valence-electron chi connectivity index (χ3n) is 4.14. The summed E-state index contributed by atoms with van der Waals surface area (Å²) in [4.78, 5) is 2.50. The number of hydrogen-bond acceptors (Lipinski definition) is 2. The van der Waals surface area contributed by atoms with E-state index in [9.17, 15) is 0 Å². The van der Waals surface area contributed by atoms with Gasteiger partial charge in [0.05, 0.1) is 0 Å². The lowest BCUT2D eigenvalue weighted by molar-refractivity contribution is 0.284. The van der Waals surface area contributed by atoms with Crippen molar-refractivity contribution in [2.24, 2.45) is 0 Å². The molecule has 1 unspecified atom stereocenters. The molecular formula is C19H28N2. The maximum atomic E-state index is 3.65. The second-order valence-corrected chi connectivity index (χ2v) is 5.72. The highest BCUT2D eigenvalue weighted by Gasteiger charge is 2.06. The quantitative estimate of drug-likeness (QED) is 0.780. The molecule has 2 rings (SSSR count). The molecule has 2 nitrogen and oxygen atoms in total. The molecule has 2 heteroatoms. The Labute approximate surface area is 129 Å². The van der Waals surface area contributed by atoms with Gasteiger partial charge in [0.25, 0.3) is 0 Å². The van der Waals surface area contributed by atoms with Crippen LogP contribution in [0, 0.1) is 0 Å². The average Bonchev–Trinajstić information content (AvgIpc) is 2.53. The fourth-order valence-electron chi connectivity index (χ4n) is 2.78. The highest BCUT2D eigenvalue weighted by molar-refractivity contribution is 5.83. The summed E-state index contributed by atoms with van der Waals surface area (Å²) in [6, 6.07) is 15.7. The van der Waals surface area contributed by atoms with Crippen molar-refractivity contribution in [2.45, 2.75) is 33.2 Å². The van der Waals surface area contributed by atoms with E-state index in [2.05, 4.69) is 73.5 Å². The molecule has 0 aliphatic heterocycles. The van der Waals surface area contributed by atoms with Gasteiger partial charge in [-0.25, -0.2) is 0 Å². The van der Waals surface area contributed by atoms with Crippen molar-refractivity contribution in [3.05, 3.63) is 48.0 Å². The minimum absolute atomic E-state index is 0.398. The van der Waals surface area contributed by atoms with Crippen molar-refractivity contribution in [3.8, 4) is 0 Å². The van der Waals surface area contributed by atoms with Gasteiger partial charge in [-0.2, -0.15) is 0 Å². The van der Waals surface area contributed by atoms with Crippen LogP contribution in [0.25, 0.3) is 10.8 Å². The average molecular weight is 284 g/mol. The van der Waals surface area contributed by atoms with E-state index in [-0.39, 0.29) is 0 Å². The number of rotatable bonds is 8. The lowest BCUT2D eigenvalue weighted by Gasteiger charge is -2.21. The fourth-order valence-corrected chi connectivity index (χ4v) is 2.78. The Kier molecular flexibility index (Phi) is 6.21. The number of hydrogen-bond donors (Lipinski definition) is 1. The summed E-state index contributed by atoms with van der Waals surface area (Å²) in [7, 11) is 0. The molecule has 0 fully saturated rings. The lowest BCUT2D eigenvalue weighted by Crippen LogP contribution is -2.33. The molecule has 0 heterocycles. The van der Waals surface area contributed by atoms with E-state index in [0.29, 0.717) is 6.04 Å². The zero-order chi connectivity index (χ0) is 15.1. The van der Waals surface area contributed by atoms with Crippen molar-refractivity contribution in [3.63, 3.8) is 0 Å². The summed E-state index contributed by atoms with van der Waals surface area (Å²) in [5.74, 6) is 0. The Morgan fingerprint density at radius 3 is 2.48 bits per heavy atom. The number of nitrogens with one attached hydrogen (secondary N) is 1. The van der Waals surface area contributed by atoms with E-state index >= 15 is 0 Å². The molecule has 0 bridgehead atoms. The predicted molar refractivity (Wildman–Crippen MR) is 92.8 cm³/mol. The van der Waals surface area contributed by atoms with E-state index in [1.165, 1.54) is 29.3 Å². The molecule has 114 valence electrons. The molecule has 0 radical (unpaired) electrons. The summed E-state index contributed by atoms with van der Waals surface area (Å²) in [5.41, 5.74) is 1.37. The Bertz CT molecular complexity index is 550. The first-order valence-corrected chi connectivity index (χ1v) is 8.19. The van der Waals surface area contributed by atoms with E-state index < -0.39 is 0 Å². The van der Waals surface area contributed by atoms with E-state index in [1.807, 2.05) is 0 Å². The van der Waals surface area contributed by atoms with Gasteiger partial charge in [-0.1, -0.05) is 50.2 Å². The zero-order valence-electron chi connectivity index (χ0n) is 13.6. The molecule has 0 aliphatic carbocycles. The van der Waals surface area contributed by atoms with Gasteiger partial charge in [0.1, 0.15) is 0 Å².